The van der Waals surface area contributed by atoms with E-state index in [2.05, 4.69) is 0 Å². The Morgan fingerprint density at radius 1 is 1.37 bits per heavy atom. The fraction of sp³-hybridized carbons (Fsp3) is 0.462. The van der Waals surface area contributed by atoms with Gasteiger partial charge in [-0.1, -0.05) is 0 Å². The number of fused-ring (bicyclic) bond motifs is 1. The Morgan fingerprint density at radius 3 is 2.79 bits per heavy atom. The molecule has 0 radical (unpaired) electrons. The van der Waals surface area contributed by atoms with E-state index in [9.17, 15) is 4.79 Å². The molecular weight excluding hydrogens is 248 g/mol. The highest BCUT2D eigenvalue weighted by molar-refractivity contribution is 5.85. The summed E-state index contributed by atoms with van der Waals surface area (Å²) in [6.07, 6.45) is 1.84. The molecule has 0 aromatic heterocycles. The van der Waals surface area contributed by atoms with Crippen LogP contribution in [0.2, 0.25) is 0 Å². The van der Waals surface area contributed by atoms with E-state index < -0.39 is 11.4 Å². The summed E-state index contributed by atoms with van der Waals surface area (Å²) >= 11 is 0. The van der Waals surface area contributed by atoms with Crippen LogP contribution < -0.4 is 25.7 Å². The molecule has 1 atom stereocenters. The maximum atomic E-state index is 11.5. The number of carbonyl (C=O) groups excluding carboxylic acids is 1. The van der Waals surface area contributed by atoms with E-state index in [1.807, 2.05) is 0 Å². The molecule has 1 heterocycles. The molecule has 6 heteroatoms. The summed E-state index contributed by atoms with van der Waals surface area (Å²) in [7, 11) is 0. The lowest BCUT2D eigenvalue weighted by Crippen LogP contribution is -2.58. The molecular formula is C13H16N2O4. The van der Waals surface area contributed by atoms with Gasteiger partial charge in [0.05, 0.1) is 0 Å². The molecule has 0 bridgehead atoms. The van der Waals surface area contributed by atoms with E-state index in [0.717, 1.165) is 12.8 Å². The fourth-order valence-electron chi connectivity index (χ4n) is 2.16. The van der Waals surface area contributed by atoms with Crippen LogP contribution in [0.25, 0.3) is 0 Å². The number of hydrogen-bond acceptors (Lipinski definition) is 5. The Labute approximate surface area is 110 Å². The van der Waals surface area contributed by atoms with Gasteiger partial charge in [-0.2, -0.15) is 0 Å². The third kappa shape index (κ3) is 2.19. The second-order valence-corrected chi connectivity index (χ2v) is 4.98. The van der Waals surface area contributed by atoms with Crippen LogP contribution in [0.15, 0.2) is 18.2 Å². The van der Waals surface area contributed by atoms with Crippen LogP contribution in [0.3, 0.4) is 0 Å². The van der Waals surface area contributed by atoms with Gasteiger partial charge in [-0.25, -0.2) is 0 Å². The third-order valence-electron chi connectivity index (χ3n) is 3.59. The van der Waals surface area contributed by atoms with Crippen LogP contribution >= 0.6 is 0 Å². The van der Waals surface area contributed by atoms with Gasteiger partial charge in [0.2, 0.25) is 12.7 Å². The lowest BCUT2D eigenvalue weighted by molar-refractivity contribution is -0.125. The second kappa shape index (κ2) is 4.31. The molecule has 102 valence electrons. The predicted octanol–water partition coefficient (Wildman–Crippen LogP) is 0.387. The van der Waals surface area contributed by atoms with Crippen LogP contribution in [0, 0.1) is 5.92 Å². The van der Waals surface area contributed by atoms with Crippen molar-refractivity contribution < 1.29 is 19.0 Å². The van der Waals surface area contributed by atoms with Gasteiger partial charge in [0.15, 0.2) is 11.5 Å². The molecule has 6 nitrogen and oxygen atoms in total. The fourth-order valence-corrected chi connectivity index (χ4v) is 2.16. The zero-order valence-electron chi connectivity index (χ0n) is 10.4. The highest BCUT2D eigenvalue weighted by Gasteiger charge is 2.47. The number of ether oxygens (including phenoxy) is 3. The summed E-state index contributed by atoms with van der Waals surface area (Å²) in [5.74, 6) is 1.50. The topological polar surface area (TPSA) is 96.8 Å². The summed E-state index contributed by atoms with van der Waals surface area (Å²) in [5, 5.41) is 0. The SMILES string of the molecule is NC(=O)C(N)(COc1ccc2c(c1)OCO2)C1CC1. The largest absolute Gasteiger partial charge is 0.491 e. The molecule has 3 rings (SSSR count). The molecule has 0 spiro atoms. The number of rotatable bonds is 5. The van der Waals surface area contributed by atoms with Crippen LogP contribution in [0.4, 0.5) is 0 Å². The van der Waals surface area contributed by atoms with Crippen molar-refractivity contribution >= 4 is 5.91 Å². The van der Waals surface area contributed by atoms with Gasteiger partial charge in [-0.15, -0.1) is 0 Å². The monoisotopic (exact) mass is 264 g/mol. The first-order valence-electron chi connectivity index (χ1n) is 6.21. The zero-order valence-corrected chi connectivity index (χ0v) is 10.4. The number of hydrogen-bond donors (Lipinski definition) is 2. The van der Waals surface area contributed by atoms with E-state index in [4.69, 9.17) is 25.7 Å². The van der Waals surface area contributed by atoms with Crippen molar-refractivity contribution in [3.63, 3.8) is 0 Å². The molecule has 2 aliphatic rings. The minimum atomic E-state index is -1.09. The van der Waals surface area contributed by atoms with Crippen molar-refractivity contribution in [3.05, 3.63) is 18.2 Å². The number of benzene rings is 1. The van der Waals surface area contributed by atoms with Crippen molar-refractivity contribution in [2.24, 2.45) is 17.4 Å². The molecule has 1 amide bonds. The third-order valence-corrected chi connectivity index (χ3v) is 3.59. The molecule has 1 aromatic rings. The first-order valence-corrected chi connectivity index (χ1v) is 6.21. The van der Waals surface area contributed by atoms with Crippen molar-refractivity contribution in [1.29, 1.82) is 0 Å². The van der Waals surface area contributed by atoms with Gasteiger partial charge in [-0.05, 0) is 30.9 Å². The first-order chi connectivity index (χ1) is 9.09. The lowest BCUT2D eigenvalue weighted by Gasteiger charge is -2.25. The van der Waals surface area contributed by atoms with Gasteiger partial charge in [0.1, 0.15) is 17.9 Å². The maximum Gasteiger partial charge on any atom is 0.241 e. The van der Waals surface area contributed by atoms with Gasteiger partial charge < -0.3 is 25.7 Å². The van der Waals surface area contributed by atoms with E-state index in [1.54, 1.807) is 18.2 Å². The highest BCUT2D eigenvalue weighted by Crippen LogP contribution is 2.39. The summed E-state index contributed by atoms with van der Waals surface area (Å²) in [5.41, 5.74) is 10.3. The standard InChI is InChI=1S/C13H16N2O4/c14-12(16)13(15,8-1-2-8)6-17-9-3-4-10-11(5-9)19-7-18-10/h3-5,8H,1-2,6-7,15H2,(H2,14,16). The van der Waals surface area contributed by atoms with Crippen LogP contribution in [0.5, 0.6) is 17.2 Å². The number of primary amides is 1. The maximum absolute atomic E-state index is 11.5. The van der Waals surface area contributed by atoms with Crippen molar-refractivity contribution in [1.82, 2.24) is 0 Å². The zero-order chi connectivity index (χ0) is 13.5. The Morgan fingerprint density at radius 2 is 2.11 bits per heavy atom. The van der Waals surface area contributed by atoms with Gasteiger partial charge in [0.25, 0.3) is 0 Å². The van der Waals surface area contributed by atoms with E-state index >= 15 is 0 Å². The van der Waals surface area contributed by atoms with Crippen LogP contribution in [-0.4, -0.2) is 24.8 Å². The van der Waals surface area contributed by atoms with Crippen molar-refractivity contribution in [3.8, 4) is 17.2 Å². The van der Waals surface area contributed by atoms with E-state index in [-0.39, 0.29) is 19.3 Å². The number of nitrogens with two attached hydrogens (primary N) is 2. The Bertz CT molecular complexity index is 515. The molecule has 19 heavy (non-hydrogen) atoms. The average Bonchev–Trinajstić information content (AvgIpc) is 3.14. The van der Waals surface area contributed by atoms with Crippen molar-refractivity contribution in [2.45, 2.75) is 18.4 Å². The smallest absolute Gasteiger partial charge is 0.241 e. The highest BCUT2D eigenvalue weighted by atomic mass is 16.7. The van der Waals surface area contributed by atoms with Crippen molar-refractivity contribution in [2.75, 3.05) is 13.4 Å². The summed E-state index contributed by atoms with van der Waals surface area (Å²) in [6, 6.07) is 5.23. The van der Waals surface area contributed by atoms with Gasteiger partial charge in [-0.3, -0.25) is 4.79 Å². The quantitative estimate of drug-likeness (QED) is 0.801. The van der Waals surface area contributed by atoms with Crippen LogP contribution in [-0.2, 0) is 4.79 Å². The van der Waals surface area contributed by atoms with Gasteiger partial charge in [0, 0.05) is 6.07 Å². The Hall–Kier alpha value is -1.95. The molecule has 1 aliphatic carbocycles. The van der Waals surface area contributed by atoms with Crippen LogP contribution in [0.1, 0.15) is 12.8 Å². The molecule has 1 aromatic carbocycles. The van der Waals surface area contributed by atoms with E-state index in [1.165, 1.54) is 0 Å². The summed E-state index contributed by atoms with van der Waals surface area (Å²) in [4.78, 5) is 11.5. The minimum absolute atomic E-state index is 0.0760. The normalized spacial score (nSPS) is 19.8. The summed E-state index contributed by atoms with van der Waals surface area (Å²) in [6.45, 7) is 0.287. The Balaban J connectivity index is 1.70. The average molecular weight is 264 g/mol. The summed E-state index contributed by atoms with van der Waals surface area (Å²) < 4.78 is 16.1. The lowest BCUT2D eigenvalue weighted by atomic mass is 9.95. The number of amides is 1. The Kier molecular flexibility index (Phi) is 2.74. The number of carbonyl (C=O) groups is 1. The minimum Gasteiger partial charge on any atom is -0.491 e. The van der Waals surface area contributed by atoms with Gasteiger partial charge >= 0.3 is 0 Å². The molecule has 1 saturated carbocycles. The van der Waals surface area contributed by atoms with E-state index in [0.29, 0.717) is 17.2 Å². The molecule has 1 fully saturated rings. The molecule has 4 N–H and O–H groups in total. The second-order valence-electron chi connectivity index (χ2n) is 4.98. The predicted molar refractivity (Wildman–Crippen MR) is 66.9 cm³/mol. The molecule has 1 unspecified atom stereocenters. The first kappa shape index (κ1) is 12.1. The molecule has 1 aliphatic heterocycles. The molecule has 0 saturated heterocycles.